The van der Waals surface area contributed by atoms with Gasteiger partial charge in [0.2, 0.25) is 0 Å². The largest absolute Gasteiger partial charge is 0.496 e. The molecule has 0 radical (unpaired) electrons. The zero-order valence-corrected chi connectivity index (χ0v) is 35.9. The highest BCUT2D eigenvalue weighted by molar-refractivity contribution is 5.97. The summed E-state index contributed by atoms with van der Waals surface area (Å²) in [6, 6.07) is 29.0. The quantitative estimate of drug-likeness (QED) is 0.0684. The number of rotatable bonds is 12. The Hall–Kier alpha value is -6.80. The molecule has 0 heterocycles. The smallest absolute Gasteiger partial charge is 0.343 e. The summed E-state index contributed by atoms with van der Waals surface area (Å²) >= 11 is 0. The Bertz CT molecular complexity index is 2560. The molecule has 6 aromatic carbocycles. The van der Waals surface area contributed by atoms with Crippen molar-refractivity contribution in [2.45, 2.75) is 75.2 Å². The number of benzene rings is 6. The zero-order valence-electron chi connectivity index (χ0n) is 35.9. The van der Waals surface area contributed by atoms with Gasteiger partial charge in [0, 0.05) is 5.56 Å². The lowest BCUT2D eigenvalue weighted by Crippen LogP contribution is -2.13. The summed E-state index contributed by atoms with van der Waals surface area (Å²) in [5.74, 6) is 0.774. The molecule has 0 aromatic heterocycles. The lowest BCUT2D eigenvalue weighted by atomic mass is 9.97. The summed E-state index contributed by atoms with van der Waals surface area (Å²) in [4.78, 5) is 51.0. The Labute approximate surface area is 352 Å². The van der Waals surface area contributed by atoms with Crippen LogP contribution in [0, 0.1) is 55.4 Å². The summed E-state index contributed by atoms with van der Waals surface area (Å²) in [6.45, 7) is 17.0. The maximum Gasteiger partial charge on any atom is 0.343 e. The van der Waals surface area contributed by atoms with E-state index in [0.717, 1.165) is 73.4 Å². The molecule has 0 spiro atoms. The molecule has 8 nitrogen and oxygen atoms in total. The van der Waals surface area contributed by atoms with Crippen LogP contribution in [0.5, 0.6) is 23.0 Å². The molecule has 0 aliphatic heterocycles. The van der Waals surface area contributed by atoms with E-state index in [2.05, 4.69) is 12.1 Å². The van der Waals surface area contributed by atoms with Crippen LogP contribution < -0.4 is 18.9 Å². The van der Waals surface area contributed by atoms with Gasteiger partial charge in [-0.15, -0.1) is 0 Å². The van der Waals surface area contributed by atoms with Crippen LogP contribution in [-0.2, 0) is 12.8 Å². The van der Waals surface area contributed by atoms with Gasteiger partial charge >= 0.3 is 17.9 Å². The second-order valence-electron chi connectivity index (χ2n) is 15.7. The van der Waals surface area contributed by atoms with Gasteiger partial charge in [-0.3, -0.25) is 4.79 Å². The minimum Gasteiger partial charge on any atom is -0.496 e. The highest BCUT2D eigenvalue weighted by Gasteiger charge is 2.19. The molecule has 0 fully saturated rings. The van der Waals surface area contributed by atoms with E-state index in [-0.39, 0.29) is 5.78 Å². The number of methoxy groups -OCH3 is 1. The van der Waals surface area contributed by atoms with Gasteiger partial charge in [0.15, 0.2) is 5.78 Å². The lowest BCUT2D eigenvalue weighted by molar-refractivity contribution is 0.0718. The predicted molar refractivity (Wildman–Crippen MR) is 234 cm³/mol. The third-order valence-electron chi connectivity index (χ3n) is 10.6. The molecule has 0 atom stereocenters. The topological polar surface area (TPSA) is 105 Å². The standard InChI is InChI=1S/C52H50O8/c1-29-19-38(20-30(2)46(29)57-10)27-39-21-31(3)48(32(4)22-39)59-51(55)44-15-17-45(18-16-44)52(56)60-49-35(7)25-41(26-36(49)8)28-40-23-33(5)47(34(6)24-40)58-50(54)43-13-11-42(12-14-43)37(9)53/h11-26H,27-28H2,1-10H3. The van der Waals surface area contributed by atoms with E-state index in [9.17, 15) is 19.2 Å². The van der Waals surface area contributed by atoms with Crippen molar-refractivity contribution in [2.24, 2.45) is 0 Å². The van der Waals surface area contributed by atoms with Gasteiger partial charge in [0.25, 0.3) is 0 Å². The fraction of sp³-hybridized carbons (Fsp3) is 0.231. The molecule has 0 aliphatic rings. The fourth-order valence-corrected chi connectivity index (χ4v) is 7.88. The van der Waals surface area contributed by atoms with Gasteiger partial charge in [-0.25, -0.2) is 14.4 Å². The van der Waals surface area contributed by atoms with Crippen molar-refractivity contribution in [3.63, 3.8) is 0 Å². The van der Waals surface area contributed by atoms with Crippen molar-refractivity contribution in [2.75, 3.05) is 7.11 Å². The number of carbonyl (C=O) groups excluding carboxylic acids is 4. The number of ether oxygens (including phenoxy) is 4. The number of carbonyl (C=O) groups is 4. The number of Topliss-reactive ketones (excluding diaryl/α,β-unsaturated/α-hetero) is 1. The van der Waals surface area contributed by atoms with E-state index in [1.807, 2.05) is 91.8 Å². The number of ketones is 1. The van der Waals surface area contributed by atoms with E-state index in [4.69, 9.17) is 18.9 Å². The second kappa shape index (κ2) is 18.0. The molecular weight excluding hydrogens is 753 g/mol. The van der Waals surface area contributed by atoms with E-state index in [0.29, 0.717) is 45.9 Å². The Morgan fingerprint density at radius 3 is 0.800 bits per heavy atom. The fourth-order valence-electron chi connectivity index (χ4n) is 7.88. The summed E-state index contributed by atoms with van der Waals surface area (Å²) in [7, 11) is 1.69. The molecule has 0 saturated carbocycles. The molecule has 6 aromatic rings. The van der Waals surface area contributed by atoms with E-state index >= 15 is 0 Å². The maximum atomic E-state index is 13.3. The molecule has 8 heteroatoms. The summed E-state index contributed by atoms with van der Waals surface area (Å²) in [6.07, 6.45) is 1.35. The van der Waals surface area contributed by atoms with Crippen LogP contribution in [0.25, 0.3) is 0 Å². The molecule has 0 amide bonds. The first kappa shape index (κ1) is 42.8. The third-order valence-corrected chi connectivity index (χ3v) is 10.6. The number of hydrogen-bond acceptors (Lipinski definition) is 8. The van der Waals surface area contributed by atoms with Crippen LogP contribution in [-0.4, -0.2) is 30.8 Å². The van der Waals surface area contributed by atoms with E-state index in [1.54, 1.807) is 55.6 Å². The average molecular weight is 803 g/mol. The Morgan fingerprint density at radius 1 is 0.367 bits per heavy atom. The number of esters is 3. The maximum absolute atomic E-state index is 13.3. The Kier molecular flexibility index (Phi) is 12.8. The monoisotopic (exact) mass is 802 g/mol. The molecule has 0 unspecified atom stereocenters. The van der Waals surface area contributed by atoms with Crippen LogP contribution in [0.15, 0.2) is 97.1 Å². The highest BCUT2D eigenvalue weighted by Crippen LogP contribution is 2.32. The van der Waals surface area contributed by atoms with E-state index in [1.165, 1.54) is 12.5 Å². The number of aryl methyl sites for hydroxylation is 8. The molecule has 0 bridgehead atoms. The minimum absolute atomic E-state index is 0.0717. The first-order chi connectivity index (χ1) is 28.5. The van der Waals surface area contributed by atoms with Crippen LogP contribution >= 0.6 is 0 Å². The van der Waals surface area contributed by atoms with Crippen molar-refractivity contribution in [3.05, 3.63) is 186 Å². The number of hydrogen-bond donors (Lipinski definition) is 0. The highest BCUT2D eigenvalue weighted by atomic mass is 16.5. The van der Waals surface area contributed by atoms with Crippen molar-refractivity contribution >= 4 is 23.7 Å². The van der Waals surface area contributed by atoms with Crippen LogP contribution in [0.4, 0.5) is 0 Å². The first-order valence-electron chi connectivity index (χ1n) is 19.8. The zero-order chi connectivity index (χ0) is 43.4. The van der Waals surface area contributed by atoms with Crippen LogP contribution in [0.2, 0.25) is 0 Å². The van der Waals surface area contributed by atoms with Crippen molar-refractivity contribution < 1.29 is 38.1 Å². The van der Waals surface area contributed by atoms with Gasteiger partial charge < -0.3 is 18.9 Å². The molecule has 0 N–H and O–H groups in total. The van der Waals surface area contributed by atoms with Crippen LogP contribution in [0.3, 0.4) is 0 Å². The van der Waals surface area contributed by atoms with Gasteiger partial charge in [0.1, 0.15) is 23.0 Å². The van der Waals surface area contributed by atoms with Crippen molar-refractivity contribution in [1.82, 2.24) is 0 Å². The van der Waals surface area contributed by atoms with Crippen molar-refractivity contribution in [3.8, 4) is 23.0 Å². The van der Waals surface area contributed by atoms with Crippen molar-refractivity contribution in [1.29, 1.82) is 0 Å². The van der Waals surface area contributed by atoms with Gasteiger partial charge in [-0.1, -0.05) is 60.7 Å². The molecular formula is C52H50O8. The van der Waals surface area contributed by atoms with E-state index < -0.39 is 17.9 Å². The average Bonchev–Trinajstić information content (AvgIpc) is 3.19. The summed E-state index contributed by atoms with van der Waals surface area (Å²) in [5, 5.41) is 0. The second-order valence-corrected chi connectivity index (χ2v) is 15.7. The summed E-state index contributed by atoms with van der Waals surface area (Å²) in [5.41, 5.74) is 13.0. The SMILES string of the molecule is COc1c(C)cc(Cc2cc(C)c(OC(=O)c3ccc(C(=O)Oc4c(C)cc(Cc5cc(C)c(OC(=O)c6ccc(C(C)=O)cc6)c(C)c5)cc4C)cc3)c(C)c2)cc1C. The Balaban J connectivity index is 1.07. The van der Waals surface area contributed by atoms with Crippen LogP contribution in [0.1, 0.15) is 115 Å². The molecule has 0 saturated heterocycles. The summed E-state index contributed by atoms with van der Waals surface area (Å²) < 4.78 is 23.1. The third kappa shape index (κ3) is 9.72. The predicted octanol–water partition coefficient (Wildman–Crippen LogP) is 11.2. The van der Waals surface area contributed by atoms with Gasteiger partial charge in [-0.05, 0) is 178 Å². The van der Waals surface area contributed by atoms with Gasteiger partial charge in [0.05, 0.1) is 23.8 Å². The lowest BCUT2D eigenvalue weighted by Gasteiger charge is -2.15. The van der Waals surface area contributed by atoms with Gasteiger partial charge in [-0.2, -0.15) is 0 Å². The molecule has 6 rings (SSSR count). The molecule has 306 valence electrons. The molecule has 0 aliphatic carbocycles. The normalized spacial score (nSPS) is 10.9. The minimum atomic E-state index is -0.537. The Morgan fingerprint density at radius 2 is 0.583 bits per heavy atom. The first-order valence-corrected chi connectivity index (χ1v) is 19.8. The molecule has 60 heavy (non-hydrogen) atoms.